The first-order valence-corrected chi connectivity index (χ1v) is 6.11. The normalized spacial score (nSPS) is 32.4. The molecule has 3 atom stereocenters. The quantitative estimate of drug-likeness (QED) is 0.617. The summed E-state index contributed by atoms with van der Waals surface area (Å²) in [7, 11) is 0. The predicted molar refractivity (Wildman–Crippen MR) is 62.5 cm³/mol. The maximum atomic E-state index is 11.9. The fourth-order valence-corrected chi connectivity index (χ4v) is 2.35. The zero-order valence-electron chi connectivity index (χ0n) is 9.69. The van der Waals surface area contributed by atoms with Crippen molar-refractivity contribution in [2.75, 3.05) is 6.54 Å². The summed E-state index contributed by atoms with van der Waals surface area (Å²) in [5.41, 5.74) is 0. The first-order valence-electron chi connectivity index (χ1n) is 6.11. The van der Waals surface area contributed by atoms with Gasteiger partial charge < -0.3 is 15.7 Å². The first-order chi connectivity index (χ1) is 8.16. The topological polar surface area (TPSA) is 78.4 Å². The summed E-state index contributed by atoms with van der Waals surface area (Å²) in [5.74, 6) is -1.29. The van der Waals surface area contributed by atoms with Crippen molar-refractivity contribution >= 4 is 11.9 Å². The number of piperidine rings is 1. The first kappa shape index (κ1) is 12.1. The highest BCUT2D eigenvalue weighted by Crippen LogP contribution is 2.18. The van der Waals surface area contributed by atoms with E-state index in [0.717, 1.165) is 25.8 Å². The Kier molecular flexibility index (Phi) is 3.78. The zero-order chi connectivity index (χ0) is 12.3. The molecule has 0 aromatic rings. The van der Waals surface area contributed by atoms with Gasteiger partial charge in [0.05, 0.1) is 12.0 Å². The van der Waals surface area contributed by atoms with Gasteiger partial charge in [0.15, 0.2) is 0 Å². The second-order valence-corrected chi connectivity index (χ2v) is 4.68. The fourth-order valence-electron chi connectivity index (χ4n) is 2.35. The number of carbonyl (C=O) groups excluding carboxylic acids is 1. The van der Waals surface area contributed by atoms with E-state index in [2.05, 4.69) is 10.6 Å². The molecule has 1 aliphatic heterocycles. The molecule has 2 aliphatic rings. The van der Waals surface area contributed by atoms with Gasteiger partial charge in [-0.2, -0.15) is 0 Å². The molecule has 94 valence electrons. The molecule has 1 aliphatic carbocycles. The molecule has 0 radical (unpaired) electrons. The third-order valence-corrected chi connectivity index (χ3v) is 3.36. The Morgan fingerprint density at radius 1 is 1.29 bits per heavy atom. The molecule has 1 saturated heterocycles. The van der Waals surface area contributed by atoms with Crippen LogP contribution in [0.15, 0.2) is 12.2 Å². The lowest BCUT2D eigenvalue weighted by Gasteiger charge is -2.24. The predicted octanol–water partition coefficient (Wildman–Crippen LogP) is 0.274. The van der Waals surface area contributed by atoms with Crippen molar-refractivity contribution in [2.24, 2.45) is 5.92 Å². The van der Waals surface area contributed by atoms with Crippen LogP contribution in [0.4, 0.5) is 0 Å². The number of aliphatic carboxylic acids is 1. The minimum Gasteiger partial charge on any atom is -0.481 e. The van der Waals surface area contributed by atoms with Crippen LogP contribution >= 0.6 is 0 Å². The average molecular weight is 238 g/mol. The number of hydrogen-bond donors (Lipinski definition) is 3. The maximum Gasteiger partial charge on any atom is 0.310 e. The number of hydrogen-bond acceptors (Lipinski definition) is 3. The van der Waals surface area contributed by atoms with Gasteiger partial charge in [-0.1, -0.05) is 18.6 Å². The Morgan fingerprint density at radius 3 is 2.71 bits per heavy atom. The van der Waals surface area contributed by atoms with Crippen LogP contribution in [0.2, 0.25) is 0 Å². The third kappa shape index (κ3) is 3.06. The van der Waals surface area contributed by atoms with Gasteiger partial charge >= 0.3 is 5.97 Å². The van der Waals surface area contributed by atoms with Crippen LogP contribution in [-0.4, -0.2) is 35.6 Å². The summed E-state index contributed by atoms with van der Waals surface area (Å²) in [4.78, 5) is 22.6. The van der Waals surface area contributed by atoms with E-state index in [9.17, 15) is 9.59 Å². The molecule has 0 aromatic carbocycles. The highest BCUT2D eigenvalue weighted by Gasteiger charge is 2.28. The summed E-state index contributed by atoms with van der Waals surface area (Å²) in [6.45, 7) is 0.885. The Labute approximate surface area is 100 Å². The lowest BCUT2D eigenvalue weighted by atomic mass is 10.0. The van der Waals surface area contributed by atoms with Gasteiger partial charge in [0.1, 0.15) is 0 Å². The zero-order valence-corrected chi connectivity index (χ0v) is 9.69. The molecular weight excluding hydrogens is 220 g/mol. The van der Waals surface area contributed by atoms with Crippen molar-refractivity contribution in [3.8, 4) is 0 Å². The number of carboxylic acid groups (broad SMARTS) is 1. The van der Waals surface area contributed by atoms with Crippen molar-refractivity contribution in [3.05, 3.63) is 12.2 Å². The average Bonchev–Trinajstić information content (AvgIpc) is 2.79. The van der Waals surface area contributed by atoms with Crippen molar-refractivity contribution in [3.63, 3.8) is 0 Å². The molecule has 1 heterocycles. The van der Waals surface area contributed by atoms with Gasteiger partial charge in [-0.3, -0.25) is 9.59 Å². The van der Waals surface area contributed by atoms with E-state index >= 15 is 0 Å². The number of amides is 1. The molecule has 1 amide bonds. The Bertz CT molecular complexity index is 335. The molecule has 2 rings (SSSR count). The second kappa shape index (κ2) is 5.31. The monoisotopic (exact) mass is 238 g/mol. The highest BCUT2D eigenvalue weighted by molar-refractivity contribution is 5.82. The Balaban J connectivity index is 1.80. The number of nitrogens with one attached hydrogen (secondary N) is 2. The molecule has 0 aromatic heterocycles. The summed E-state index contributed by atoms with van der Waals surface area (Å²) in [6.07, 6.45) is 6.96. The van der Waals surface area contributed by atoms with Gasteiger partial charge in [-0.15, -0.1) is 0 Å². The summed E-state index contributed by atoms with van der Waals surface area (Å²) in [6, 6.07) is -0.242. The minimum atomic E-state index is -0.825. The van der Waals surface area contributed by atoms with E-state index in [4.69, 9.17) is 5.11 Å². The summed E-state index contributed by atoms with van der Waals surface area (Å²) < 4.78 is 0. The SMILES string of the molecule is O=C(O)C1C=CC(NC(=O)[C@H]2CCCCN2)C1. The Morgan fingerprint density at radius 2 is 2.12 bits per heavy atom. The van der Waals surface area contributed by atoms with Crippen molar-refractivity contribution in [1.82, 2.24) is 10.6 Å². The number of rotatable bonds is 3. The molecule has 1 fully saturated rings. The van der Waals surface area contributed by atoms with Crippen LogP contribution in [0, 0.1) is 5.92 Å². The summed E-state index contributed by atoms with van der Waals surface area (Å²) >= 11 is 0. The van der Waals surface area contributed by atoms with Gasteiger partial charge in [0, 0.05) is 6.04 Å². The van der Waals surface area contributed by atoms with E-state index < -0.39 is 11.9 Å². The van der Waals surface area contributed by atoms with Crippen molar-refractivity contribution in [1.29, 1.82) is 0 Å². The van der Waals surface area contributed by atoms with Crippen LogP contribution in [-0.2, 0) is 9.59 Å². The van der Waals surface area contributed by atoms with Crippen LogP contribution in [0.5, 0.6) is 0 Å². The van der Waals surface area contributed by atoms with Crippen molar-refractivity contribution < 1.29 is 14.7 Å². The lowest BCUT2D eigenvalue weighted by Crippen LogP contribution is -2.49. The summed E-state index contributed by atoms with van der Waals surface area (Å²) in [5, 5.41) is 14.9. The van der Waals surface area contributed by atoms with Crippen LogP contribution in [0.1, 0.15) is 25.7 Å². The van der Waals surface area contributed by atoms with Gasteiger partial charge in [-0.05, 0) is 25.8 Å². The molecule has 17 heavy (non-hydrogen) atoms. The molecule has 2 unspecified atom stereocenters. The third-order valence-electron chi connectivity index (χ3n) is 3.36. The van der Waals surface area contributed by atoms with Crippen molar-refractivity contribution in [2.45, 2.75) is 37.8 Å². The minimum absolute atomic E-state index is 0.00890. The van der Waals surface area contributed by atoms with Gasteiger partial charge in [0.2, 0.25) is 5.91 Å². The van der Waals surface area contributed by atoms with E-state index in [-0.39, 0.29) is 18.0 Å². The van der Waals surface area contributed by atoms with Crippen LogP contribution in [0.25, 0.3) is 0 Å². The van der Waals surface area contributed by atoms with E-state index in [1.54, 1.807) is 12.2 Å². The largest absolute Gasteiger partial charge is 0.481 e. The number of carboxylic acids is 1. The van der Waals surface area contributed by atoms with Crippen LogP contribution < -0.4 is 10.6 Å². The van der Waals surface area contributed by atoms with Gasteiger partial charge in [-0.25, -0.2) is 0 Å². The smallest absolute Gasteiger partial charge is 0.310 e. The van der Waals surface area contributed by atoms with Gasteiger partial charge in [0.25, 0.3) is 0 Å². The number of carbonyl (C=O) groups is 2. The molecule has 5 heteroatoms. The highest BCUT2D eigenvalue weighted by atomic mass is 16.4. The van der Waals surface area contributed by atoms with E-state index in [0.29, 0.717) is 6.42 Å². The Hall–Kier alpha value is -1.36. The molecule has 0 spiro atoms. The molecular formula is C12H18N2O3. The lowest BCUT2D eigenvalue weighted by molar-refractivity contribution is -0.140. The van der Waals surface area contributed by atoms with Crippen LogP contribution in [0.3, 0.4) is 0 Å². The van der Waals surface area contributed by atoms with E-state index in [1.165, 1.54) is 0 Å². The standard InChI is InChI=1S/C12H18N2O3/c15-11(10-3-1-2-6-13-10)14-9-5-4-8(7-9)12(16)17/h4-5,8-10,13H,1-3,6-7H2,(H,14,15)(H,16,17)/t8?,9?,10-/m1/s1. The molecule has 5 nitrogen and oxygen atoms in total. The second-order valence-electron chi connectivity index (χ2n) is 4.68. The molecule has 3 N–H and O–H groups in total. The molecule has 0 saturated carbocycles. The fraction of sp³-hybridized carbons (Fsp3) is 0.667. The van der Waals surface area contributed by atoms with E-state index in [1.807, 2.05) is 0 Å². The maximum absolute atomic E-state index is 11.9. The molecule has 0 bridgehead atoms.